The molecule has 2 aromatic rings. The van der Waals surface area contributed by atoms with Crippen molar-refractivity contribution in [2.75, 3.05) is 5.32 Å². The maximum Gasteiger partial charge on any atom is 0.171 e. The van der Waals surface area contributed by atoms with E-state index in [1.54, 1.807) is 6.20 Å². The molecule has 2 N–H and O–H groups in total. The largest absolute Gasteiger partial charge is 0.357 e. The number of rotatable bonds is 3. The van der Waals surface area contributed by atoms with Gasteiger partial charge in [0.05, 0.1) is 12.2 Å². The number of halogens is 1. The molecule has 2 rings (SSSR count). The van der Waals surface area contributed by atoms with Gasteiger partial charge < -0.3 is 10.6 Å². The fraction of sp³-hybridized carbons (Fsp3) is 0.143. The Morgan fingerprint density at radius 2 is 2.16 bits per heavy atom. The summed E-state index contributed by atoms with van der Waals surface area (Å²) >= 11 is 11.2. The minimum atomic E-state index is 0.566. The lowest BCUT2D eigenvalue weighted by Crippen LogP contribution is -2.28. The molecule has 0 radical (unpaired) electrons. The van der Waals surface area contributed by atoms with E-state index in [1.165, 1.54) is 0 Å². The predicted molar refractivity (Wildman–Crippen MR) is 83.5 cm³/mol. The van der Waals surface area contributed by atoms with E-state index in [9.17, 15) is 0 Å². The average Bonchev–Trinajstić information content (AvgIpc) is 2.41. The Morgan fingerprint density at radius 1 is 1.32 bits per heavy atom. The molecule has 0 bridgehead atoms. The monoisotopic (exact) mass is 291 g/mol. The first-order valence-electron chi connectivity index (χ1n) is 5.86. The highest BCUT2D eigenvalue weighted by Crippen LogP contribution is 2.19. The molecule has 0 fully saturated rings. The quantitative estimate of drug-likeness (QED) is 0.848. The number of pyridine rings is 1. The third-order valence-electron chi connectivity index (χ3n) is 2.59. The van der Waals surface area contributed by atoms with Crippen molar-refractivity contribution in [1.29, 1.82) is 0 Å². The fourth-order valence-electron chi connectivity index (χ4n) is 1.61. The summed E-state index contributed by atoms with van der Waals surface area (Å²) in [6.45, 7) is 2.58. The molecule has 0 aliphatic rings. The second-order valence-electron chi connectivity index (χ2n) is 4.09. The second-order valence-corrected chi connectivity index (χ2v) is 4.93. The van der Waals surface area contributed by atoms with Crippen LogP contribution in [0.3, 0.4) is 0 Å². The molecule has 3 nitrogen and oxygen atoms in total. The van der Waals surface area contributed by atoms with Gasteiger partial charge in [-0.05, 0) is 55.0 Å². The molecule has 0 amide bonds. The van der Waals surface area contributed by atoms with Gasteiger partial charge in [0.15, 0.2) is 5.11 Å². The van der Waals surface area contributed by atoms with Crippen LogP contribution in [0.4, 0.5) is 5.69 Å². The third-order valence-corrected chi connectivity index (χ3v) is 3.07. The number of benzene rings is 1. The molecule has 0 aliphatic heterocycles. The molecule has 0 aliphatic carbocycles. The molecule has 0 spiro atoms. The number of anilines is 1. The highest BCUT2D eigenvalue weighted by Gasteiger charge is 2.02. The number of hydrogen-bond acceptors (Lipinski definition) is 2. The van der Waals surface area contributed by atoms with Gasteiger partial charge in [-0.25, -0.2) is 0 Å². The van der Waals surface area contributed by atoms with Crippen molar-refractivity contribution in [2.24, 2.45) is 0 Å². The first-order valence-corrected chi connectivity index (χ1v) is 6.64. The molecule has 1 aromatic carbocycles. The van der Waals surface area contributed by atoms with Gasteiger partial charge in [0.1, 0.15) is 0 Å². The topological polar surface area (TPSA) is 37.0 Å². The van der Waals surface area contributed by atoms with Crippen molar-refractivity contribution in [3.05, 3.63) is 58.9 Å². The average molecular weight is 292 g/mol. The van der Waals surface area contributed by atoms with Crippen LogP contribution in [0.5, 0.6) is 0 Å². The van der Waals surface area contributed by atoms with Gasteiger partial charge in [0.2, 0.25) is 0 Å². The molecule has 1 heterocycles. The van der Waals surface area contributed by atoms with Gasteiger partial charge in [-0.15, -0.1) is 0 Å². The first-order chi connectivity index (χ1) is 9.15. The van der Waals surface area contributed by atoms with Crippen LogP contribution in [0.2, 0.25) is 5.02 Å². The molecule has 0 saturated heterocycles. The van der Waals surface area contributed by atoms with Gasteiger partial charge in [-0.1, -0.05) is 17.7 Å². The highest BCUT2D eigenvalue weighted by atomic mass is 35.5. The maximum atomic E-state index is 5.91. The summed E-state index contributed by atoms with van der Waals surface area (Å²) < 4.78 is 0. The van der Waals surface area contributed by atoms with Gasteiger partial charge in [-0.3, -0.25) is 4.98 Å². The number of aromatic nitrogens is 1. The van der Waals surface area contributed by atoms with Crippen molar-refractivity contribution in [3.63, 3.8) is 0 Å². The third kappa shape index (κ3) is 4.19. The summed E-state index contributed by atoms with van der Waals surface area (Å²) in [5.74, 6) is 0. The smallest absolute Gasteiger partial charge is 0.171 e. The summed E-state index contributed by atoms with van der Waals surface area (Å²) in [6.07, 6.45) is 1.76. The van der Waals surface area contributed by atoms with Crippen LogP contribution in [0.25, 0.3) is 0 Å². The Labute approximate surface area is 123 Å². The second kappa shape index (κ2) is 6.50. The molecule has 19 heavy (non-hydrogen) atoms. The van der Waals surface area contributed by atoms with E-state index < -0.39 is 0 Å². The minimum Gasteiger partial charge on any atom is -0.357 e. The molecule has 0 unspecified atom stereocenters. The van der Waals surface area contributed by atoms with Crippen LogP contribution in [0.15, 0.2) is 42.6 Å². The lowest BCUT2D eigenvalue weighted by molar-refractivity contribution is 0.882. The number of nitrogens with zero attached hydrogens (tertiary/aromatic N) is 1. The summed E-state index contributed by atoms with van der Waals surface area (Å²) in [5.41, 5.74) is 2.94. The summed E-state index contributed by atoms with van der Waals surface area (Å²) in [6, 6.07) is 11.4. The molecular formula is C14H14ClN3S. The summed E-state index contributed by atoms with van der Waals surface area (Å²) in [4.78, 5) is 4.22. The zero-order valence-electron chi connectivity index (χ0n) is 10.5. The van der Waals surface area contributed by atoms with E-state index in [1.807, 2.05) is 43.3 Å². The standard InChI is InChI=1S/C14H14ClN3S/c1-10-8-11(15)5-6-13(10)18-14(19)17-9-12-4-2-3-7-16-12/h2-8H,9H2,1H3,(H2,17,18,19). The van der Waals surface area contributed by atoms with E-state index in [-0.39, 0.29) is 0 Å². The van der Waals surface area contributed by atoms with Crippen molar-refractivity contribution in [2.45, 2.75) is 13.5 Å². The Balaban J connectivity index is 1.91. The SMILES string of the molecule is Cc1cc(Cl)ccc1NC(=S)NCc1ccccn1. The zero-order valence-corrected chi connectivity index (χ0v) is 12.1. The van der Waals surface area contributed by atoms with Crippen LogP contribution in [-0.4, -0.2) is 10.1 Å². The van der Waals surface area contributed by atoms with Gasteiger partial charge in [-0.2, -0.15) is 0 Å². The highest BCUT2D eigenvalue weighted by molar-refractivity contribution is 7.80. The fourth-order valence-corrected chi connectivity index (χ4v) is 2.02. The van der Waals surface area contributed by atoms with E-state index >= 15 is 0 Å². The zero-order chi connectivity index (χ0) is 13.7. The Bertz CT molecular complexity index is 572. The van der Waals surface area contributed by atoms with Crippen LogP contribution in [0, 0.1) is 6.92 Å². The van der Waals surface area contributed by atoms with E-state index in [2.05, 4.69) is 15.6 Å². The Morgan fingerprint density at radius 3 is 2.84 bits per heavy atom. The number of nitrogens with one attached hydrogen (secondary N) is 2. The summed E-state index contributed by atoms with van der Waals surface area (Å²) in [5, 5.41) is 7.54. The number of hydrogen-bond donors (Lipinski definition) is 2. The van der Waals surface area contributed by atoms with E-state index in [0.29, 0.717) is 11.7 Å². The first kappa shape index (κ1) is 13.8. The Hall–Kier alpha value is -1.65. The van der Waals surface area contributed by atoms with Gasteiger partial charge >= 0.3 is 0 Å². The van der Waals surface area contributed by atoms with E-state index in [0.717, 1.165) is 22.0 Å². The van der Waals surface area contributed by atoms with Crippen LogP contribution in [-0.2, 0) is 6.54 Å². The van der Waals surface area contributed by atoms with Crippen LogP contribution >= 0.6 is 23.8 Å². The lowest BCUT2D eigenvalue weighted by Gasteiger charge is -2.12. The molecule has 0 atom stereocenters. The van der Waals surface area contributed by atoms with Gasteiger partial charge in [0.25, 0.3) is 0 Å². The molecule has 5 heteroatoms. The number of aryl methyl sites for hydroxylation is 1. The maximum absolute atomic E-state index is 5.91. The van der Waals surface area contributed by atoms with Crippen LogP contribution < -0.4 is 10.6 Å². The van der Waals surface area contributed by atoms with Crippen molar-refractivity contribution in [1.82, 2.24) is 10.3 Å². The lowest BCUT2D eigenvalue weighted by atomic mass is 10.2. The van der Waals surface area contributed by atoms with Crippen molar-refractivity contribution >= 4 is 34.6 Å². The molecule has 98 valence electrons. The summed E-state index contributed by atoms with van der Waals surface area (Å²) in [7, 11) is 0. The predicted octanol–water partition coefficient (Wildman–Crippen LogP) is 3.53. The van der Waals surface area contributed by atoms with Crippen molar-refractivity contribution < 1.29 is 0 Å². The normalized spacial score (nSPS) is 10.0. The Kier molecular flexibility index (Phi) is 4.71. The van der Waals surface area contributed by atoms with Crippen molar-refractivity contribution in [3.8, 4) is 0 Å². The van der Waals surface area contributed by atoms with E-state index in [4.69, 9.17) is 23.8 Å². The minimum absolute atomic E-state index is 0.566. The molecule has 0 saturated carbocycles. The van der Waals surface area contributed by atoms with Gasteiger partial charge in [0, 0.05) is 16.9 Å². The number of thiocarbonyl (C=S) groups is 1. The molecule has 1 aromatic heterocycles. The van der Waals surface area contributed by atoms with Crippen LogP contribution in [0.1, 0.15) is 11.3 Å². The molecular weight excluding hydrogens is 278 g/mol.